The van der Waals surface area contributed by atoms with E-state index in [9.17, 15) is 4.79 Å². The van der Waals surface area contributed by atoms with Crippen LogP contribution in [0.2, 0.25) is 0 Å². The van der Waals surface area contributed by atoms with Crippen molar-refractivity contribution in [3.63, 3.8) is 0 Å². The molecule has 136 valence electrons. The van der Waals surface area contributed by atoms with Gasteiger partial charge in [-0.1, -0.05) is 17.7 Å². The lowest BCUT2D eigenvalue weighted by Gasteiger charge is -2.27. The van der Waals surface area contributed by atoms with Gasteiger partial charge in [0.1, 0.15) is 0 Å². The van der Waals surface area contributed by atoms with Gasteiger partial charge in [-0.25, -0.2) is 9.78 Å². The number of nitrogens with zero attached hydrogens (tertiary/aromatic N) is 2. The summed E-state index contributed by atoms with van der Waals surface area (Å²) in [6.45, 7) is 5.21. The zero-order valence-electron chi connectivity index (χ0n) is 15.1. The molecule has 0 saturated carbocycles. The van der Waals surface area contributed by atoms with Gasteiger partial charge in [0, 0.05) is 17.5 Å². The second-order valence-electron chi connectivity index (χ2n) is 7.02. The molecule has 3 heterocycles. The number of benzene rings is 2. The number of hydrogen-bond acceptors (Lipinski definition) is 5. The van der Waals surface area contributed by atoms with Crippen molar-refractivity contribution in [3.05, 3.63) is 58.7 Å². The fraction of sp³-hybridized carbons (Fsp3) is 0.238. The van der Waals surface area contributed by atoms with Crippen LogP contribution in [0.5, 0.6) is 17.4 Å². The molecule has 0 unspecified atom stereocenters. The molecule has 27 heavy (non-hydrogen) atoms. The molecule has 1 aromatic heterocycles. The number of pyridine rings is 1. The Balaban J connectivity index is 1.46. The Hall–Kier alpha value is -3.28. The van der Waals surface area contributed by atoms with Crippen molar-refractivity contribution in [2.24, 2.45) is 0 Å². The molecule has 6 heteroatoms. The van der Waals surface area contributed by atoms with Gasteiger partial charge < -0.3 is 14.2 Å². The first-order valence-electron chi connectivity index (χ1n) is 8.83. The summed E-state index contributed by atoms with van der Waals surface area (Å²) >= 11 is 0. The number of aryl methyl sites for hydroxylation is 2. The number of aromatic nitrogens is 1. The molecular weight excluding hydrogens is 344 g/mol. The number of fused-ring (bicyclic) bond motifs is 3. The maximum absolute atomic E-state index is 12.5. The number of rotatable bonds is 2. The summed E-state index contributed by atoms with van der Waals surface area (Å²) in [5.74, 6) is 1.84. The molecule has 0 radical (unpaired) electrons. The van der Waals surface area contributed by atoms with Crippen LogP contribution >= 0.6 is 0 Å². The van der Waals surface area contributed by atoms with Crippen molar-refractivity contribution >= 4 is 17.0 Å². The largest absolute Gasteiger partial charge is 0.454 e. The van der Waals surface area contributed by atoms with Crippen LogP contribution in [0, 0.1) is 13.8 Å². The van der Waals surface area contributed by atoms with E-state index in [-0.39, 0.29) is 6.79 Å². The summed E-state index contributed by atoms with van der Waals surface area (Å²) in [7, 11) is 0. The van der Waals surface area contributed by atoms with Crippen molar-refractivity contribution in [2.45, 2.75) is 26.9 Å². The molecule has 1 amide bonds. The highest BCUT2D eigenvalue weighted by molar-refractivity contribution is 5.85. The van der Waals surface area contributed by atoms with E-state index in [1.807, 2.05) is 25.1 Å². The Morgan fingerprint density at radius 2 is 1.93 bits per heavy atom. The first kappa shape index (κ1) is 15.9. The Morgan fingerprint density at radius 3 is 2.81 bits per heavy atom. The topological polar surface area (TPSA) is 60.9 Å². The van der Waals surface area contributed by atoms with Crippen LogP contribution in [0.4, 0.5) is 4.79 Å². The quantitative estimate of drug-likeness (QED) is 0.687. The third-order valence-corrected chi connectivity index (χ3v) is 4.91. The minimum atomic E-state index is -0.392. The van der Waals surface area contributed by atoms with Crippen LogP contribution in [0.15, 0.2) is 36.4 Å². The zero-order valence-corrected chi connectivity index (χ0v) is 15.1. The minimum absolute atomic E-state index is 0.232. The van der Waals surface area contributed by atoms with Gasteiger partial charge >= 0.3 is 6.09 Å². The smallest absolute Gasteiger partial charge is 0.417 e. The van der Waals surface area contributed by atoms with Gasteiger partial charge in [0.15, 0.2) is 11.5 Å². The molecule has 0 spiro atoms. The van der Waals surface area contributed by atoms with Gasteiger partial charge in [0.25, 0.3) is 0 Å². The SMILES string of the molecule is Cc1cc(C)c2nc3c(cc2c1)CN(Cc1ccc2c(c1)OCO2)C(=O)O3. The van der Waals surface area contributed by atoms with Crippen molar-refractivity contribution in [2.75, 3.05) is 6.79 Å². The molecule has 2 aliphatic heterocycles. The van der Waals surface area contributed by atoms with Crippen LogP contribution in [0.1, 0.15) is 22.3 Å². The Bertz CT molecular complexity index is 1090. The summed E-state index contributed by atoms with van der Waals surface area (Å²) in [6, 6.07) is 11.9. The maximum atomic E-state index is 12.5. The number of amides is 1. The molecular formula is C21H18N2O4. The van der Waals surface area contributed by atoms with Crippen LogP contribution in [0.3, 0.4) is 0 Å². The van der Waals surface area contributed by atoms with Crippen LogP contribution in [-0.4, -0.2) is 22.8 Å². The molecule has 0 saturated heterocycles. The van der Waals surface area contributed by atoms with Crippen molar-refractivity contribution in [1.29, 1.82) is 0 Å². The molecule has 6 nitrogen and oxygen atoms in total. The van der Waals surface area contributed by atoms with Gasteiger partial charge in [-0.2, -0.15) is 0 Å². The molecule has 5 rings (SSSR count). The highest BCUT2D eigenvalue weighted by Crippen LogP contribution is 2.34. The molecule has 2 aliphatic rings. The summed E-state index contributed by atoms with van der Waals surface area (Å²) in [5.41, 5.74) is 5.00. The highest BCUT2D eigenvalue weighted by atomic mass is 16.7. The number of ether oxygens (including phenoxy) is 3. The third kappa shape index (κ3) is 2.73. The normalized spacial score (nSPS) is 15.0. The predicted octanol–water partition coefficient (Wildman–Crippen LogP) is 4.09. The fourth-order valence-electron chi connectivity index (χ4n) is 3.68. The highest BCUT2D eigenvalue weighted by Gasteiger charge is 2.27. The van der Waals surface area contributed by atoms with Crippen LogP contribution in [-0.2, 0) is 13.1 Å². The van der Waals surface area contributed by atoms with Gasteiger partial charge in [0.2, 0.25) is 12.7 Å². The third-order valence-electron chi connectivity index (χ3n) is 4.91. The minimum Gasteiger partial charge on any atom is -0.454 e. The van der Waals surface area contributed by atoms with Crippen molar-refractivity contribution < 1.29 is 19.0 Å². The average molecular weight is 362 g/mol. The predicted molar refractivity (Wildman–Crippen MR) is 99.1 cm³/mol. The summed E-state index contributed by atoms with van der Waals surface area (Å²) < 4.78 is 16.3. The van der Waals surface area contributed by atoms with Crippen molar-refractivity contribution in [3.8, 4) is 17.4 Å². The van der Waals surface area contributed by atoms with Crippen molar-refractivity contribution in [1.82, 2.24) is 9.88 Å². The van der Waals surface area contributed by atoms with Gasteiger partial charge in [-0.15, -0.1) is 0 Å². The van der Waals surface area contributed by atoms with Gasteiger partial charge in [-0.3, -0.25) is 4.90 Å². The summed E-state index contributed by atoms with van der Waals surface area (Å²) in [5, 5.41) is 1.06. The lowest BCUT2D eigenvalue weighted by molar-refractivity contribution is 0.133. The van der Waals surface area contributed by atoms with E-state index in [0.717, 1.165) is 33.3 Å². The first-order valence-corrected chi connectivity index (χ1v) is 8.83. The second-order valence-corrected chi connectivity index (χ2v) is 7.02. The zero-order chi connectivity index (χ0) is 18.5. The summed E-state index contributed by atoms with van der Waals surface area (Å²) in [6.07, 6.45) is -0.392. The van der Waals surface area contributed by atoms with Gasteiger partial charge in [0.05, 0.1) is 12.1 Å². The molecule has 2 aromatic carbocycles. The Kier molecular flexibility index (Phi) is 3.47. The average Bonchev–Trinajstić information content (AvgIpc) is 3.09. The van der Waals surface area contributed by atoms with E-state index in [0.29, 0.717) is 24.7 Å². The monoisotopic (exact) mass is 362 g/mol. The standard InChI is InChI=1S/C21H18N2O4/c1-12-5-13(2)19-15(6-12)8-16-10-23(21(24)27-20(16)22-19)9-14-3-4-17-18(7-14)26-11-25-17/h3-8H,9-11H2,1-2H3. The maximum Gasteiger partial charge on any atom is 0.417 e. The lowest BCUT2D eigenvalue weighted by Crippen LogP contribution is -2.36. The molecule has 0 bridgehead atoms. The summed E-state index contributed by atoms with van der Waals surface area (Å²) in [4.78, 5) is 18.7. The van der Waals surface area contributed by atoms with E-state index in [4.69, 9.17) is 14.2 Å². The first-order chi connectivity index (χ1) is 13.1. The van der Waals surface area contributed by atoms with E-state index in [2.05, 4.69) is 30.1 Å². The fourth-order valence-corrected chi connectivity index (χ4v) is 3.68. The van der Waals surface area contributed by atoms with E-state index in [1.54, 1.807) is 4.90 Å². The second kappa shape index (κ2) is 5.87. The van der Waals surface area contributed by atoms with Crippen LogP contribution < -0.4 is 14.2 Å². The molecule has 3 aromatic rings. The van der Waals surface area contributed by atoms with E-state index >= 15 is 0 Å². The molecule has 0 N–H and O–H groups in total. The van der Waals surface area contributed by atoms with E-state index < -0.39 is 6.09 Å². The molecule has 0 fully saturated rings. The lowest BCUT2D eigenvalue weighted by atomic mass is 10.0. The molecule has 0 atom stereocenters. The van der Waals surface area contributed by atoms with Crippen LogP contribution in [0.25, 0.3) is 10.9 Å². The van der Waals surface area contributed by atoms with E-state index in [1.165, 1.54) is 5.56 Å². The Labute approximate surface area is 156 Å². The van der Waals surface area contributed by atoms with Gasteiger partial charge in [-0.05, 0) is 49.2 Å². The number of carbonyl (C=O) groups is 1. The number of carbonyl (C=O) groups excluding carboxylic acids is 1. The number of hydrogen-bond donors (Lipinski definition) is 0. The molecule has 0 aliphatic carbocycles. The Morgan fingerprint density at radius 1 is 1.07 bits per heavy atom.